The normalized spacial score (nSPS) is 18.4. The van der Waals surface area contributed by atoms with Crippen molar-refractivity contribution in [3.63, 3.8) is 0 Å². The van der Waals surface area contributed by atoms with Crippen molar-refractivity contribution in [3.05, 3.63) is 60.2 Å². The molecule has 0 bridgehead atoms. The van der Waals surface area contributed by atoms with Gasteiger partial charge >= 0.3 is 0 Å². The van der Waals surface area contributed by atoms with Crippen molar-refractivity contribution in [1.29, 1.82) is 0 Å². The Morgan fingerprint density at radius 2 is 1.60 bits per heavy atom. The molecule has 2 aromatic carbocycles. The molecule has 0 aliphatic heterocycles. The van der Waals surface area contributed by atoms with Crippen LogP contribution in [0, 0.1) is 11.8 Å². The van der Waals surface area contributed by atoms with Crippen molar-refractivity contribution in [3.8, 4) is 0 Å². The largest absolute Gasteiger partial charge is 0.362 e. The second kappa shape index (κ2) is 10.7. The number of hydrogen-bond acceptors (Lipinski definition) is 5. The quantitative estimate of drug-likeness (QED) is 0.350. The lowest BCUT2D eigenvalue weighted by Gasteiger charge is -2.28. The van der Waals surface area contributed by atoms with E-state index in [1.54, 1.807) is 0 Å². The van der Waals surface area contributed by atoms with Crippen LogP contribution < -0.4 is 10.2 Å². The summed E-state index contributed by atoms with van der Waals surface area (Å²) in [6, 6.07) is 16.7. The van der Waals surface area contributed by atoms with Crippen molar-refractivity contribution < 1.29 is 0 Å². The first-order chi connectivity index (χ1) is 17.1. The number of imidazole rings is 1. The molecule has 1 aliphatic rings. The summed E-state index contributed by atoms with van der Waals surface area (Å²) in [4.78, 5) is 16.6. The van der Waals surface area contributed by atoms with Gasteiger partial charge in [0.05, 0.1) is 23.1 Å². The maximum atomic E-state index is 4.87. The first-order valence-corrected chi connectivity index (χ1v) is 13.1. The number of rotatable bonds is 9. The number of nitrogens with one attached hydrogen (secondary N) is 1. The molecule has 4 aromatic rings. The molecular weight excluding hydrogens is 432 g/mol. The molecule has 0 radical (unpaired) electrons. The van der Waals surface area contributed by atoms with Gasteiger partial charge in [-0.1, -0.05) is 43.5 Å². The van der Waals surface area contributed by atoms with Crippen LogP contribution in [-0.2, 0) is 20.0 Å². The van der Waals surface area contributed by atoms with Crippen molar-refractivity contribution in [2.75, 3.05) is 25.5 Å². The Balaban J connectivity index is 1.05. The third kappa shape index (κ3) is 5.48. The van der Waals surface area contributed by atoms with E-state index < -0.39 is 0 Å². The highest BCUT2D eigenvalue weighted by atomic mass is 15.2. The summed E-state index contributed by atoms with van der Waals surface area (Å²) < 4.78 is 2.21. The lowest BCUT2D eigenvalue weighted by molar-refractivity contribution is 0.253. The first kappa shape index (κ1) is 23.7. The van der Waals surface area contributed by atoms with Gasteiger partial charge in [0.1, 0.15) is 17.5 Å². The van der Waals surface area contributed by atoms with Gasteiger partial charge in [-0.05, 0) is 61.9 Å². The summed E-state index contributed by atoms with van der Waals surface area (Å²) >= 11 is 0. The predicted molar refractivity (Wildman–Crippen MR) is 145 cm³/mol. The number of anilines is 1. The molecule has 184 valence electrons. The fourth-order valence-electron chi connectivity index (χ4n) is 5.57. The predicted octanol–water partition coefficient (Wildman–Crippen LogP) is 5.50. The molecule has 1 saturated carbocycles. The third-order valence-electron chi connectivity index (χ3n) is 7.63. The maximum Gasteiger partial charge on any atom is 0.139 e. The Labute approximate surface area is 208 Å². The van der Waals surface area contributed by atoms with E-state index in [2.05, 4.69) is 84.5 Å². The molecular formula is C29H38N6. The van der Waals surface area contributed by atoms with E-state index in [1.807, 2.05) is 0 Å². The minimum absolute atomic E-state index is 0.785. The Kier molecular flexibility index (Phi) is 7.28. The Morgan fingerprint density at radius 3 is 2.37 bits per heavy atom. The number of para-hydroxylation sites is 3. The number of aromatic nitrogens is 4. The zero-order valence-electron chi connectivity index (χ0n) is 21.4. The highest BCUT2D eigenvalue weighted by Gasteiger charge is 2.21. The first-order valence-electron chi connectivity index (χ1n) is 13.1. The molecule has 2 aromatic heterocycles. The van der Waals surface area contributed by atoms with Crippen molar-refractivity contribution >= 4 is 27.8 Å². The van der Waals surface area contributed by atoms with Crippen molar-refractivity contribution in [2.24, 2.45) is 18.9 Å². The van der Waals surface area contributed by atoms with Crippen LogP contribution in [-0.4, -0.2) is 40.2 Å². The topological polar surface area (TPSA) is 58.9 Å². The summed E-state index contributed by atoms with van der Waals surface area (Å²) in [5.74, 6) is 4.75. The highest BCUT2D eigenvalue weighted by molar-refractivity contribution is 5.89. The van der Waals surface area contributed by atoms with Crippen LogP contribution in [0.1, 0.15) is 50.2 Å². The van der Waals surface area contributed by atoms with Gasteiger partial charge in [-0.3, -0.25) is 0 Å². The van der Waals surface area contributed by atoms with Crippen LogP contribution in [0.25, 0.3) is 21.9 Å². The van der Waals surface area contributed by atoms with Crippen molar-refractivity contribution in [2.45, 2.75) is 51.5 Å². The average Bonchev–Trinajstić information content (AvgIpc) is 3.20. The molecule has 2 heterocycles. The number of nitrogens with zero attached hydrogens (tertiary/aromatic N) is 5. The summed E-state index contributed by atoms with van der Waals surface area (Å²) in [5, 5.41) is 4.81. The zero-order chi connectivity index (χ0) is 24.2. The van der Waals surface area contributed by atoms with Crippen LogP contribution in [0.2, 0.25) is 0 Å². The van der Waals surface area contributed by atoms with Crippen LogP contribution >= 0.6 is 0 Å². The van der Waals surface area contributed by atoms with Crippen LogP contribution in [0.3, 0.4) is 0 Å². The highest BCUT2D eigenvalue weighted by Crippen LogP contribution is 2.32. The Hall–Kier alpha value is -2.99. The Bertz CT molecular complexity index is 1270. The lowest BCUT2D eigenvalue weighted by Crippen LogP contribution is -2.27. The summed E-state index contributed by atoms with van der Waals surface area (Å²) in [7, 11) is 6.23. The molecule has 0 unspecified atom stereocenters. The summed E-state index contributed by atoms with van der Waals surface area (Å²) in [6.07, 6.45) is 8.78. The van der Waals surface area contributed by atoms with E-state index in [4.69, 9.17) is 15.0 Å². The smallest absolute Gasteiger partial charge is 0.139 e. The number of aryl methyl sites for hydroxylation is 2. The van der Waals surface area contributed by atoms with E-state index in [0.717, 1.165) is 65.2 Å². The zero-order valence-corrected chi connectivity index (χ0v) is 21.4. The molecule has 1 aliphatic carbocycles. The van der Waals surface area contributed by atoms with Crippen LogP contribution in [0.4, 0.5) is 5.82 Å². The van der Waals surface area contributed by atoms with E-state index in [1.165, 1.54) is 44.0 Å². The maximum absolute atomic E-state index is 4.87. The van der Waals surface area contributed by atoms with Gasteiger partial charge in [-0.15, -0.1) is 0 Å². The second-order valence-electron chi connectivity index (χ2n) is 10.4. The SMILES string of the molecule is CN(C)c1nc(CCCC2CCC(CNCc3nc4ccccc4n3C)CC2)nc2ccccc12. The van der Waals surface area contributed by atoms with E-state index >= 15 is 0 Å². The standard InChI is InChI=1S/C29H38N6/c1-34(2)29-23-10-4-5-11-24(23)31-27(33-29)14-8-9-21-15-17-22(18-16-21)19-30-20-28-32-25-12-6-7-13-26(25)35(28)3/h4-7,10-13,21-22,30H,8-9,14-20H2,1-3H3. The van der Waals surface area contributed by atoms with Gasteiger partial charge in [-0.25, -0.2) is 15.0 Å². The molecule has 0 atom stereocenters. The van der Waals surface area contributed by atoms with Gasteiger partial charge in [0, 0.05) is 33.0 Å². The molecule has 6 heteroatoms. The summed E-state index contributed by atoms with van der Waals surface area (Å²) in [6.45, 7) is 1.93. The van der Waals surface area contributed by atoms with Gasteiger partial charge in [0.2, 0.25) is 0 Å². The van der Waals surface area contributed by atoms with Gasteiger partial charge in [0.25, 0.3) is 0 Å². The second-order valence-corrected chi connectivity index (χ2v) is 10.4. The fraction of sp³-hybridized carbons (Fsp3) is 0.483. The summed E-state index contributed by atoms with van der Waals surface area (Å²) in [5.41, 5.74) is 3.34. The van der Waals surface area contributed by atoms with Gasteiger partial charge < -0.3 is 14.8 Å². The molecule has 0 spiro atoms. The van der Waals surface area contributed by atoms with E-state index in [0.29, 0.717) is 0 Å². The van der Waals surface area contributed by atoms with Crippen molar-refractivity contribution in [1.82, 2.24) is 24.8 Å². The number of benzene rings is 2. The van der Waals surface area contributed by atoms with Crippen LogP contribution in [0.5, 0.6) is 0 Å². The number of fused-ring (bicyclic) bond motifs is 2. The fourth-order valence-corrected chi connectivity index (χ4v) is 5.57. The number of hydrogen-bond donors (Lipinski definition) is 1. The van der Waals surface area contributed by atoms with Crippen LogP contribution in [0.15, 0.2) is 48.5 Å². The minimum Gasteiger partial charge on any atom is -0.362 e. The molecule has 0 amide bonds. The molecule has 0 saturated heterocycles. The molecule has 1 N–H and O–H groups in total. The Morgan fingerprint density at radius 1 is 0.886 bits per heavy atom. The molecule has 1 fully saturated rings. The van der Waals surface area contributed by atoms with Gasteiger partial charge in [0.15, 0.2) is 0 Å². The molecule has 5 rings (SSSR count). The van der Waals surface area contributed by atoms with Gasteiger partial charge in [-0.2, -0.15) is 0 Å². The molecule has 35 heavy (non-hydrogen) atoms. The van der Waals surface area contributed by atoms with E-state index in [9.17, 15) is 0 Å². The average molecular weight is 471 g/mol. The molecule has 6 nitrogen and oxygen atoms in total. The van der Waals surface area contributed by atoms with E-state index in [-0.39, 0.29) is 0 Å². The monoisotopic (exact) mass is 470 g/mol. The lowest BCUT2D eigenvalue weighted by atomic mass is 9.80. The third-order valence-corrected chi connectivity index (χ3v) is 7.63. The minimum atomic E-state index is 0.785.